The average Bonchev–Trinajstić information content (AvgIpc) is 3.54. The molecule has 0 saturated carbocycles. The Morgan fingerprint density at radius 3 is 2.69 bits per heavy atom. The van der Waals surface area contributed by atoms with Crippen molar-refractivity contribution in [2.75, 3.05) is 37.4 Å². The Bertz CT molecular complexity index is 1330. The molecular formula is C24H28N6O4S. The zero-order chi connectivity index (χ0) is 24.6. The number of rotatable bonds is 12. The van der Waals surface area contributed by atoms with Crippen molar-refractivity contribution in [2.24, 2.45) is 0 Å². The molecule has 3 heterocycles. The van der Waals surface area contributed by atoms with Crippen molar-refractivity contribution in [2.45, 2.75) is 25.8 Å². The maximum absolute atomic E-state index is 12.8. The molecule has 0 aliphatic heterocycles. The van der Waals surface area contributed by atoms with Crippen LogP contribution in [0.3, 0.4) is 0 Å². The summed E-state index contributed by atoms with van der Waals surface area (Å²) < 4.78 is 12.0. The third-order valence-corrected chi connectivity index (χ3v) is 6.38. The molecule has 0 aliphatic carbocycles. The van der Waals surface area contributed by atoms with Crippen LogP contribution in [0.4, 0.5) is 11.5 Å². The topological polar surface area (TPSA) is 132 Å². The molecule has 0 bridgehead atoms. The van der Waals surface area contributed by atoms with Crippen molar-refractivity contribution in [3.63, 3.8) is 0 Å². The lowest BCUT2D eigenvalue weighted by Crippen LogP contribution is -2.39. The lowest BCUT2D eigenvalue weighted by Gasteiger charge is -2.26. The second-order valence-electron chi connectivity index (χ2n) is 7.99. The molecule has 4 rings (SSSR count). The maximum Gasteiger partial charge on any atom is 0.330 e. The van der Waals surface area contributed by atoms with Crippen LogP contribution in [0.25, 0.3) is 10.7 Å². The average molecular weight is 497 g/mol. The van der Waals surface area contributed by atoms with E-state index in [0.29, 0.717) is 50.7 Å². The fraction of sp³-hybridized carbons (Fsp3) is 0.333. The van der Waals surface area contributed by atoms with Crippen molar-refractivity contribution >= 4 is 22.8 Å². The van der Waals surface area contributed by atoms with Crippen LogP contribution >= 0.6 is 11.3 Å². The van der Waals surface area contributed by atoms with Crippen molar-refractivity contribution in [1.82, 2.24) is 19.7 Å². The fourth-order valence-corrected chi connectivity index (χ4v) is 4.47. The van der Waals surface area contributed by atoms with Gasteiger partial charge in [0.05, 0.1) is 11.4 Å². The van der Waals surface area contributed by atoms with E-state index in [0.717, 1.165) is 10.4 Å². The van der Waals surface area contributed by atoms with Gasteiger partial charge in [-0.05, 0) is 29.9 Å². The number of H-pyrrole nitrogens is 1. The van der Waals surface area contributed by atoms with Crippen molar-refractivity contribution in [3.05, 3.63) is 80.1 Å². The van der Waals surface area contributed by atoms with E-state index < -0.39 is 11.2 Å². The van der Waals surface area contributed by atoms with Crippen LogP contribution in [0.5, 0.6) is 0 Å². The second kappa shape index (κ2) is 11.6. The van der Waals surface area contributed by atoms with Gasteiger partial charge in [0.2, 0.25) is 11.7 Å². The first kappa shape index (κ1) is 24.4. The summed E-state index contributed by atoms with van der Waals surface area (Å²) in [4.78, 5) is 35.1. The minimum atomic E-state index is -0.538. The molecule has 11 heteroatoms. The Morgan fingerprint density at radius 1 is 1.14 bits per heavy atom. The van der Waals surface area contributed by atoms with E-state index >= 15 is 0 Å². The zero-order valence-corrected chi connectivity index (χ0v) is 20.3. The summed E-state index contributed by atoms with van der Waals surface area (Å²) in [6, 6.07) is 13.4. The van der Waals surface area contributed by atoms with Gasteiger partial charge in [0.15, 0.2) is 0 Å². The standard InChI is InChI=1S/C24H28N6O4S/c1-33-14-7-13-29(12-5-11-19-26-22(28-34-19)18-10-6-15-35-18)20-21(25)30(24(32)27-23(20)31)16-17-8-3-2-4-9-17/h2-4,6,8-10,15H,5,7,11-14,16,25H2,1H3,(H,27,31,32). The molecule has 35 heavy (non-hydrogen) atoms. The van der Waals surface area contributed by atoms with Gasteiger partial charge in [0.1, 0.15) is 11.5 Å². The number of aromatic nitrogens is 4. The highest BCUT2D eigenvalue weighted by atomic mass is 32.1. The molecule has 3 aromatic heterocycles. The number of hydrogen-bond acceptors (Lipinski definition) is 9. The normalized spacial score (nSPS) is 11.1. The number of methoxy groups -OCH3 is 1. The first-order valence-electron chi connectivity index (χ1n) is 11.3. The Labute approximate surface area is 206 Å². The molecule has 0 fully saturated rings. The van der Waals surface area contributed by atoms with Crippen molar-refractivity contribution in [3.8, 4) is 10.7 Å². The molecule has 10 nitrogen and oxygen atoms in total. The van der Waals surface area contributed by atoms with Crippen LogP contribution in [-0.4, -0.2) is 46.5 Å². The summed E-state index contributed by atoms with van der Waals surface area (Å²) in [5, 5.41) is 6.01. The summed E-state index contributed by atoms with van der Waals surface area (Å²) in [6.07, 6.45) is 1.88. The smallest absolute Gasteiger partial charge is 0.330 e. The van der Waals surface area contributed by atoms with Crippen LogP contribution < -0.4 is 21.9 Å². The molecule has 184 valence electrons. The number of ether oxygens (including phenoxy) is 1. The molecule has 0 atom stereocenters. The molecular weight excluding hydrogens is 468 g/mol. The van der Waals surface area contributed by atoms with Gasteiger partial charge >= 0.3 is 5.69 Å². The van der Waals surface area contributed by atoms with Gasteiger partial charge in [-0.1, -0.05) is 41.6 Å². The Hall–Kier alpha value is -3.70. The number of nitrogen functional groups attached to an aromatic ring is 1. The predicted octanol–water partition coefficient (Wildman–Crippen LogP) is 2.75. The Morgan fingerprint density at radius 2 is 1.94 bits per heavy atom. The molecule has 0 spiro atoms. The summed E-state index contributed by atoms with van der Waals surface area (Å²) in [7, 11) is 1.63. The highest BCUT2D eigenvalue weighted by molar-refractivity contribution is 7.13. The second-order valence-corrected chi connectivity index (χ2v) is 8.94. The number of nitrogens with two attached hydrogens (primary N) is 1. The molecule has 0 saturated heterocycles. The van der Waals surface area contributed by atoms with Crippen LogP contribution in [0, 0.1) is 0 Å². The highest BCUT2D eigenvalue weighted by Crippen LogP contribution is 2.22. The van der Waals surface area contributed by atoms with Gasteiger partial charge in [-0.25, -0.2) is 4.79 Å². The molecule has 0 unspecified atom stereocenters. The van der Waals surface area contributed by atoms with E-state index in [4.69, 9.17) is 15.0 Å². The summed E-state index contributed by atoms with van der Waals surface area (Å²) in [5.41, 5.74) is 6.55. The van der Waals surface area contributed by atoms with Gasteiger partial charge in [0.25, 0.3) is 5.56 Å². The number of nitrogens with zero attached hydrogens (tertiary/aromatic N) is 4. The van der Waals surface area contributed by atoms with Crippen molar-refractivity contribution in [1.29, 1.82) is 0 Å². The van der Waals surface area contributed by atoms with Crippen LogP contribution in [-0.2, 0) is 17.7 Å². The number of nitrogens with one attached hydrogen (secondary N) is 1. The monoisotopic (exact) mass is 496 g/mol. The zero-order valence-electron chi connectivity index (χ0n) is 19.5. The van der Waals surface area contributed by atoms with E-state index in [1.807, 2.05) is 52.7 Å². The Balaban J connectivity index is 1.53. The van der Waals surface area contributed by atoms with E-state index in [9.17, 15) is 9.59 Å². The predicted molar refractivity (Wildman–Crippen MR) is 136 cm³/mol. The summed E-state index contributed by atoms with van der Waals surface area (Å²) in [6.45, 7) is 1.84. The molecule has 0 amide bonds. The van der Waals surface area contributed by atoms with Gasteiger partial charge in [-0.2, -0.15) is 4.98 Å². The summed E-state index contributed by atoms with van der Waals surface area (Å²) in [5.74, 6) is 1.24. The molecule has 0 aliphatic rings. The third kappa shape index (κ3) is 6.06. The van der Waals surface area contributed by atoms with Gasteiger partial charge in [0, 0.05) is 33.2 Å². The minimum absolute atomic E-state index is 0.137. The number of hydrogen-bond donors (Lipinski definition) is 2. The van der Waals surface area contributed by atoms with E-state index in [1.165, 1.54) is 4.57 Å². The lowest BCUT2D eigenvalue weighted by atomic mass is 10.2. The first-order chi connectivity index (χ1) is 17.1. The molecule has 0 radical (unpaired) electrons. The molecule has 4 aromatic rings. The van der Waals surface area contributed by atoms with E-state index in [2.05, 4.69) is 15.1 Å². The number of aryl methyl sites for hydroxylation is 1. The molecule has 3 N–H and O–H groups in total. The summed E-state index contributed by atoms with van der Waals surface area (Å²) >= 11 is 1.55. The van der Waals surface area contributed by atoms with Crippen LogP contribution in [0.2, 0.25) is 0 Å². The van der Waals surface area contributed by atoms with Crippen LogP contribution in [0.1, 0.15) is 24.3 Å². The molecule has 1 aromatic carbocycles. The lowest BCUT2D eigenvalue weighted by molar-refractivity contribution is 0.196. The number of anilines is 2. The largest absolute Gasteiger partial charge is 0.385 e. The van der Waals surface area contributed by atoms with Crippen molar-refractivity contribution < 1.29 is 9.26 Å². The van der Waals surface area contributed by atoms with E-state index in [-0.39, 0.29) is 18.1 Å². The number of thiophene rings is 1. The Kier molecular flexibility index (Phi) is 8.11. The van der Waals surface area contributed by atoms with Gasteiger partial charge in [-0.15, -0.1) is 11.3 Å². The van der Waals surface area contributed by atoms with Gasteiger partial charge < -0.3 is 19.9 Å². The maximum atomic E-state index is 12.8. The van der Waals surface area contributed by atoms with Gasteiger partial charge in [-0.3, -0.25) is 14.3 Å². The first-order valence-corrected chi connectivity index (χ1v) is 12.2. The SMILES string of the molecule is COCCCN(CCCc1nc(-c2cccs2)no1)c1c(N)n(Cc2ccccc2)c(=O)[nH]c1=O. The highest BCUT2D eigenvalue weighted by Gasteiger charge is 2.19. The minimum Gasteiger partial charge on any atom is -0.385 e. The van der Waals surface area contributed by atoms with E-state index in [1.54, 1.807) is 18.4 Å². The number of aromatic amines is 1. The fourth-order valence-electron chi connectivity index (χ4n) is 3.82. The van der Waals surface area contributed by atoms with Crippen LogP contribution in [0.15, 0.2) is 62.0 Å². The quantitative estimate of drug-likeness (QED) is 0.286. The third-order valence-electron chi connectivity index (χ3n) is 5.52. The number of benzene rings is 1.